The van der Waals surface area contributed by atoms with Crippen LogP contribution < -0.4 is 15.5 Å². The van der Waals surface area contributed by atoms with Gasteiger partial charge < -0.3 is 25.5 Å². The summed E-state index contributed by atoms with van der Waals surface area (Å²) in [6, 6.07) is 20.3. The van der Waals surface area contributed by atoms with E-state index < -0.39 is 0 Å². The van der Waals surface area contributed by atoms with Crippen LogP contribution in [0.25, 0.3) is 0 Å². The largest absolute Gasteiger partial charge is 0.508 e. The molecule has 0 unspecified atom stereocenters. The number of phenolic OH excluding ortho intramolecular Hbond substituents is 1. The molecule has 3 aromatic rings. The number of aryl methyl sites for hydroxylation is 1. The quantitative estimate of drug-likeness (QED) is 0.329. The number of anilines is 3. The molecule has 1 heterocycles. The van der Waals surface area contributed by atoms with Crippen LogP contribution in [-0.2, 0) is 11.2 Å². The fourth-order valence-electron chi connectivity index (χ4n) is 4.11. The van der Waals surface area contributed by atoms with Crippen molar-refractivity contribution >= 4 is 52.2 Å². The van der Waals surface area contributed by atoms with Gasteiger partial charge in [-0.25, -0.2) is 4.79 Å². The second kappa shape index (κ2) is 12.0. The van der Waals surface area contributed by atoms with Gasteiger partial charge in [-0.05, 0) is 42.7 Å². The number of carbonyl (C=O) groups excluding carboxylic acids is 2. The number of rotatable bonds is 7. The van der Waals surface area contributed by atoms with Gasteiger partial charge in [0.15, 0.2) is 0 Å². The minimum atomic E-state index is -0.297. The van der Waals surface area contributed by atoms with E-state index in [9.17, 15) is 14.7 Å². The topological polar surface area (TPSA) is 84.9 Å². The third kappa shape index (κ3) is 6.83. The van der Waals surface area contributed by atoms with Gasteiger partial charge in [0.25, 0.3) is 0 Å². The molecule has 1 saturated heterocycles. The smallest absolute Gasteiger partial charge is 0.322 e. The number of piperazine rings is 1. The Kier molecular flexibility index (Phi) is 8.57. The van der Waals surface area contributed by atoms with Crippen LogP contribution in [0.4, 0.5) is 21.9 Å². The number of urea groups is 1. The Hall–Kier alpha value is -3.42. The Labute approximate surface area is 220 Å². The van der Waals surface area contributed by atoms with E-state index >= 15 is 0 Å². The zero-order chi connectivity index (χ0) is 25.5. The van der Waals surface area contributed by atoms with Gasteiger partial charge in [0.2, 0.25) is 5.91 Å². The van der Waals surface area contributed by atoms with Gasteiger partial charge in [0, 0.05) is 56.1 Å². The number of hydrogen-bond acceptors (Lipinski definition) is 4. The van der Waals surface area contributed by atoms with E-state index in [1.807, 2.05) is 42.5 Å². The Balaban J connectivity index is 1.22. The molecule has 0 aliphatic carbocycles. The maximum atomic E-state index is 12.7. The van der Waals surface area contributed by atoms with Gasteiger partial charge >= 0.3 is 6.03 Å². The Morgan fingerprint density at radius 3 is 2.14 bits per heavy atom. The van der Waals surface area contributed by atoms with Crippen LogP contribution in [0.1, 0.15) is 18.4 Å². The van der Waals surface area contributed by atoms with Crippen molar-refractivity contribution in [3.63, 3.8) is 0 Å². The lowest BCUT2D eigenvalue weighted by atomic mass is 10.1. The number of carbonyl (C=O) groups is 2. The van der Waals surface area contributed by atoms with Crippen molar-refractivity contribution in [3.05, 3.63) is 82.3 Å². The summed E-state index contributed by atoms with van der Waals surface area (Å²) < 4.78 is 0. The first-order valence-electron chi connectivity index (χ1n) is 11.8. The molecule has 188 valence electrons. The summed E-state index contributed by atoms with van der Waals surface area (Å²) in [6.07, 6.45) is 2.16. The van der Waals surface area contributed by atoms with Crippen LogP contribution in [0.2, 0.25) is 10.0 Å². The van der Waals surface area contributed by atoms with Crippen LogP contribution >= 0.6 is 23.2 Å². The van der Waals surface area contributed by atoms with Crippen molar-refractivity contribution in [2.45, 2.75) is 19.3 Å². The predicted octanol–water partition coefficient (Wildman–Crippen LogP) is 6.01. The molecular weight excluding hydrogens is 499 g/mol. The summed E-state index contributed by atoms with van der Waals surface area (Å²) in [5.41, 5.74) is 3.31. The highest BCUT2D eigenvalue weighted by molar-refractivity contribution is 6.40. The lowest BCUT2D eigenvalue weighted by Crippen LogP contribution is -2.50. The maximum absolute atomic E-state index is 12.7. The lowest BCUT2D eigenvalue weighted by Gasteiger charge is -2.36. The molecule has 7 nitrogen and oxygen atoms in total. The average Bonchev–Trinajstić information content (AvgIpc) is 2.87. The van der Waals surface area contributed by atoms with Gasteiger partial charge in [-0.3, -0.25) is 4.79 Å². The van der Waals surface area contributed by atoms with Crippen LogP contribution in [0.3, 0.4) is 0 Å². The summed E-state index contributed by atoms with van der Waals surface area (Å²) in [6.45, 7) is 2.38. The summed E-state index contributed by atoms with van der Waals surface area (Å²) in [5, 5.41) is 15.6. The van der Waals surface area contributed by atoms with Crippen molar-refractivity contribution in [3.8, 4) is 5.75 Å². The SMILES string of the molecule is O=C(CCCc1ccccc1)Nc1ccc(N2CCN(C(=O)Nc3c(Cl)cc(O)cc3Cl)CC2)cc1. The number of phenols is 1. The molecule has 36 heavy (non-hydrogen) atoms. The van der Waals surface area contributed by atoms with E-state index in [1.54, 1.807) is 4.90 Å². The molecule has 3 N–H and O–H groups in total. The zero-order valence-corrected chi connectivity index (χ0v) is 21.2. The van der Waals surface area contributed by atoms with Crippen molar-refractivity contribution < 1.29 is 14.7 Å². The highest BCUT2D eigenvalue weighted by atomic mass is 35.5. The van der Waals surface area contributed by atoms with E-state index in [0.29, 0.717) is 32.6 Å². The second-order valence-corrected chi connectivity index (χ2v) is 9.44. The number of nitrogens with zero attached hydrogens (tertiary/aromatic N) is 2. The fourth-order valence-corrected chi connectivity index (χ4v) is 4.68. The Bertz CT molecular complexity index is 1170. The molecule has 3 aromatic carbocycles. The van der Waals surface area contributed by atoms with E-state index in [1.165, 1.54) is 17.7 Å². The Morgan fingerprint density at radius 1 is 0.861 bits per heavy atom. The molecule has 0 radical (unpaired) electrons. The van der Waals surface area contributed by atoms with Crippen LogP contribution in [0.5, 0.6) is 5.75 Å². The molecule has 0 atom stereocenters. The van der Waals surface area contributed by atoms with E-state index in [2.05, 4.69) is 27.7 Å². The highest BCUT2D eigenvalue weighted by Gasteiger charge is 2.23. The van der Waals surface area contributed by atoms with Gasteiger partial charge in [-0.1, -0.05) is 53.5 Å². The number of hydrogen-bond donors (Lipinski definition) is 3. The van der Waals surface area contributed by atoms with Gasteiger partial charge in [-0.2, -0.15) is 0 Å². The van der Waals surface area contributed by atoms with Gasteiger partial charge in [0.1, 0.15) is 5.75 Å². The first kappa shape index (κ1) is 25.7. The van der Waals surface area contributed by atoms with E-state index in [-0.39, 0.29) is 33.4 Å². The fraction of sp³-hybridized carbons (Fsp3) is 0.259. The first-order chi connectivity index (χ1) is 17.4. The molecule has 3 amide bonds. The van der Waals surface area contributed by atoms with E-state index in [4.69, 9.17) is 23.2 Å². The summed E-state index contributed by atoms with van der Waals surface area (Å²) >= 11 is 12.2. The zero-order valence-electron chi connectivity index (χ0n) is 19.7. The third-order valence-corrected chi connectivity index (χ3v) is 6.65. The highest BCUT2D eigenvalue weighted by Crippen LogP contribution is 2.34. The minimum Gasteiger partial charge on any atom is -0.508 e. The molecule has 9 heteroatoms. The van der Waals surface area contributed by atoms with Gasteiger partial charge in [0.05, 0.1) is 15.7 Å². The Morgan fingerprint density at radius 2 is 1.50 bits per heavy atom. The minimum absolute atomic E-state index is 0.00661. The number of nitrogens with one attached hydrogen (secondary N) is 2. The summed E-state index contributed by atoms with van der Waals surface area (Å²) in [5.74, 6) is -0.0580. The first-order valence-corrected chi connectivity index (χ1v) is 12.6. The molecule has 1 aliphatic heterocycles. The van der Waals surface area contributed by atoms with Gasteiger partial charge in [-0.15, -0.1) is 0 Å². The van der Waals surface area contributed by atoms with Crippen LogP contribution in [0.15, 0.2) is 66.7 Å². The molecular formula is C27H28Cl2N4O3. The molecule has 0 aromatic heterocycles. The summed E-state index contributed by atoms with van der Waals surface area (Å²) in [7, 11) is 0. The van der Waals surface area contributed by atoms with Crippen molar-refractivity contribution in [2.75, 3.05) is 41.7 Å². The predicted molar refractivity (Wildman–Crippen MR) is 145 cm³/mol. The van der Waals surface area contributed by atoms with Crippen LogP contribution in [-0.4, -0.2) is 48.1 Å². The maximum Gasteiger partial charge on any atom is 0.322 e. The average molecular weight is 527 g/mol. The number of benzene rings is 3. The number of aromatic hydroxyl groups is 1. The summed E-state index contributed by atoms with van der Waals surface area (Å²) in [4.78, 5) is 28.8. The normalized spacial score (nSPS) is 13.4. The van der Waals surface area contributed by atoms with Crippen LogP contribution in [0, 0.1) is 0 Å². The number of amides is 3. The molecule has 0 saturated carbocycles. The standard InChI is InChI=1S/C27H28Cl2N4O3/c28-23-17-22(34)18-24(29)26(23)31-27(36)33-15-13-32(14-16-33)21-11-9-20(10-12-21)30-25(35)8-4-7-19-5-2-1-3-6-19/h1-3,5-6,9-12,17-18,34H,4,7-8,13-16H2,(H,30,35)(H,31,36). The lowest BCUT2D eigenvalue weighted by molar-refractivity contribution is -0.116. The third-order valence-electron chi connectivity index (χ3n) is 6.05. The number of halogens is 2. The molecule has 4 rings (SSSR count). The molecule has 1 aliphatic rings. The van der Waals surface area contributed by atoms with Crippen molar-refractivity contribution in [1.29, 1.82) is 0 Å². The molecule has 0 spiro atoms. The molecule has 1 fully saturated rings. The molecule has 0 bridgehead atoms. The van der Waals surface area contributed by atoms with E-state index in [0.717, 1.165) is 24.2 Å². The van der Waals surface area contributed by atoms with Crippen molar-refractivity contribution in [2.24, 2.45) is 0 Å². The monoisotopic (exact) mass is 526 g/mol. The second-order valence-electron chi connectivity index (χ2n) is 8.62. The van der Waals surface area contributed by atoms with Crippen molar-refractivity contribution in [1.82, 2.24) is 4.90 Å².